The van der Waals surface area contributed by atoms with Crippen molar-refractivity contribution in [3.05, 3.63) is 189 Å². The van der Waals surface area contributed by atoms with Crippen LogP contribution in [0.25, 0.3) is 44.5 Å². The molecule has 5 amide bonds. The van der Waals surface area contributed by atoms with Gasteiger partial charge in [0.2, 0.25) is 23.6 Å². The van der Waals surface area contributed by atoms with Gasteiger partial charge >= 0.3 is 0 Å². The molecule has 0 aliphatic carbocycles. The number of H-pyrrole nitrogens is 2. The van der Waals surface area contributed by atoms with Crippen molar-refractivity contribution in [1.29, 1.82) is 0 Å². The van der Waals surface area contributed by atoms with Gasteiger partial charge in [-0.25, -0.2) is 26.3 Å². The number of carbonyl (C=O) groups excluding carboxylic acids is 5. The number of alkyl halides is 2. The normalized spacial score (nSPS) is 17.6. The number of ether oxygens (including phenoxy) is 4. The standard InChI is InChI=1S/C23H26FN7O3.C23H27FN6O2.C22H23F3N6O2.C21H23FN6O2/c1-13(32)30-7-5-20-17(11-30)23(28-31(20)15-6-8-34-12-15)26-19-4-3-14(9-18(19)24)16-10-29(2)27-21(16)22(25)33;1-14-18(9-25-28(14)3)17-4-5-21(20(24)8-17)26-23-19-11-29(15(2)31)7-6-22(19)30(27-23)10-16-12-32-13-16;1-12(32)30-6-4-19-16(10-30)22(29-31(19)14-5-7-33-11-14)27-18-3-2-13(8-17(18)23)15-9-26-28-20(15)21(24)25;1-13(29)27-6-4-20-17(11-27)21(26-28(20)16-5-7-30-12-16)25-19-3-2-14(8-18(19)22)15-9-23-24-10-15/h3-4,9-10,15H,5-8,11-12H2,1-2H3,(H2,25,33)(H,26,28);4-5,8-9,16H,6-7,10-13H2,1-3H3,(H,26,27);2-3,8-9,14,21H,4-7,10-11H2,1H3,(H,26,28)(H,27,29);2-3,8-10,16H,4-7,11-12H2,1H3,(H,23,24)(H,25,26). The highest BCUT2D eigenvalue weighted by atomic mass is 19.3. The van der Waals surface area contributed by atoms with Gasteiger partial charge in [-0.3, -0.25) is 62.3 Å². The number of anilines is 8. The molecule has 34 nitrogen and oxygen atoms in total. The van der Waals surface area contributed by atoms with E-state index in [4.69, 9.17) is 45.1 Å². The van der Waals surface area contributed by atoms with Crippen LogP contribution in [-0.4, -0.2) is 207 Å². The van der Waals surface area contributed by atoms with E-state index in [1.165, 1.54) is 48.1 Å². The summed E-state index contributed by atoms with van der Waals surface area (Å²) >= 11 is 0. The number of primary amides is 1. The number of nitrogens with two attached hydrogens (primary N) is 1. The molecule has 0 saturated carbocycles. The van der Waals surface area contributed by atoms with Crippen LogP contribution >= 0.6 is 0 Å². The fourth-order valence-corrected chi connectivity index (χ4v) is 17.6. The number of amides is 5. The van der Waals surface area contributed by atoms with Crippen LogP contribution in [0.3, 0.4) is 0 Å². The second kappa shape index (κ2) is 37.5. The van der Waals surface area contributed by atoms with E-state index in [1.54, 1.807) is 107 Å². The van der Waals surface area contributed by atoms with Gasteiger partial charge in [0, 0.05) is 211 Å². The minimum Gasteiger partial charge on any atom is -0.381 e. The molecule has 8 aliphatic heterocycles. The third kappa shape index (κ3) is 18.6. The molecule has 8 N–H and O–H groups in total. The zero-order chi connectivity index (χ0) is 90.2. The number of hydrogen-bond donors (Lipinski definition) is 7. The van der Waals surface area contributed by atoms with Crippen molar-refractivity contribution in [2.75, 3.05) is 100 Å². The predicted octanol–water partition coefficient (Wildman–Crippen LogP) is 12.1. The van der Waals surface area contributed by atoms with E-state index < -0.39 is 24.0 Å². The summed E-state index contributed by atoms with van der Waals surface area (Å²) in [6, 6.07) is 19.4. The number of aromatic amines is 2. The van der Waals surface area contributed by atoms with Crippen molar-refractivity contribution >= 4 is 75.6 Å². The van der Waals surface area contributed by atoms with Crippen LogP contribution in [-0.2, 0) is 111 Å². The number of halogens is 6. The first-order valence-corrected chi connectivity index (χ1v) is 42.9. The first-order valence-electron chi connectivity index (χ1n) is 42.9. The van der Waals surface area contributed by atoms with Crippen molar-refractivity contribution in [3.63, 3.8) is 0 Å². The average Bonchev–Trinajstić information content (AvgIpc) is 1.63. The molecular weight excluding hydrogens is 1680 g/mol. The molecule has 4 fully saturated rings. The maximum absolute atomic E-state index is 15.2. The van der Waals surface area contributed by atoms with Crippen molar-refractivity contribution in [3.8, 4) is 44.5 Å². The number of fused-ring (bicyclic) bond motifs is 4. The highest BCUT2D eigenvalue weighted by Crippen LogP contribution is 2.41. The Balaban J connectivity index is 0.000000121. The Hall–Kier alpha value is -13.5. The minimum absolute atomic E-state index is 0.00851. The third-order valence-corrected chi connectivity index (χ3v) is 24.9. The smallest absolute Gasteiger partial charge is 0.280 e. The molecule has 3 atom stereocenters. The van der Waals surface area contributed by atoms with E-state index in [0.29, 0.717) is 162 Å². The van der Waals surface area contributed by atoms with Crippen LogP contribution in [0.1, 0.15) is 138 Å². The van der Waals surface area contributed by atoms with Gasteiger partial charge in [-0.15, -0.1) is 0 Å². The van der Waals surface area contributed by atoms with Crippen LogP contribution in [0.5, 0.6) is 0 Å². The summed E-state index contributed by atoms with van der Waals surface area (Å²) in [5.74, 6) is 0.129. The monoisotopic (exact) mass is 1780 g/mol. The number of nitrogens with zero attached hydrogens (tertiary/aromatic N) is 18. The summed E-state index contributed by atoms with van der Waals surface area (Å²) in [5.41, 5.74) is 19.8. The molecule has 16 heterocycles. The molecule has 129 heavy (non-hydrogen) atoms. The Bertz CT molecular complexity index is 6180. The number of aryl methyl sites for hydroxylation is 2. The van der Waals surface area contributed by atoms with Gasteiger partial charge in [0.25, 0.3) is 12.3 Å². The van der Waals surface area contributed by atoms with Crippen LogP contribution in [0.15, 0.2) is 104 Å². The van der Waals surface area contributed by atoms with E-state index >= 15 is 13.2 Å². The molecule has 0 spiro atoms. The number of rotatable bonds is 19. The van der Waals surface area contributed by atoms with E-state index in [1.807, 2.05) is 44.8 Å². The van der Waals surface area contributed by atoms with E-state index in [0.717, 1.165) is 125 Å². The molecule has 3 unspecified atom stereocenters. The topological polar surface area (TPSA) is 374 Å². The Morgan fingerprint density at radius 2 is 0.884 bits per heavy atom. The molecule has 4 aromatic carbocycles. The largest absolute Gasteiger partial charge is 0.381 e. The van der Waals surface area contributed by atoms with Gasteiger partial charge < -0.3 is 65.5 Å². The molecule has 20 rings (SSSR count). The highest BCUT2D eigenvalue weighted by molar-refractivity contribution is 5.98. The van der Waals surface area contributed by atoms with Gasteiger partial charge in [-0.1, -0.05) is 24.3 Å². The number of benzene rings is 4. The second-order valence-electron chi connectivity index (χ2n) is 33.3. The summed E-state index contributed by atoms with van der Waals surface area (Å²) < 4.78 is 120. The summed E-state index contributed by atoms with van der Waals surface area (Å²) in [7, 11) is 3.53. The molecule has 12 aromatic rings. The molecule has 4 saturated heterocycles. The number of aromatic nitrogens is 16. The number of carbonyl (C=O) groups is 5. The lowest BCUT2D eigenvalue weighted by atomic mass is 10.0. The zero-order valence-electron chi connectivity index (χ0n) is 72.2. The number of nitrogens with one attached hydrogen (secondary N) is 6. The van der Waals surface area contributed by atoms with Gasteiger partial charge in [0.15, 0.2) is 29.0 Å². The molecule has 40 heteroatoms. The van der Waals surface area contributed by atoms with Crippen LogP contribution in [0.2, 0.25) is 0 Å². The zero-order valence-corrected chi connectivity index (χ0v) is 72.2. The van der Waals surface area contributed by atoms with Gasteiger partial charge in [0.1, 0.15) is 29.0 Å². The fraction of sp³-hybridized carbons (Fsp3) is 0.404. The Morgan fingerprint density at radius 3 is 1.25 bits per heavy atom. The van der Waals surface area contributed by atoms with E-state index in [2.05, 4.69) is 51.9 Å². The summed E-state index contributed by atoms with van der Waals surface area (Å²) in [4.78, 5) is 66.7. The Labute approximate surface area is 736 Å². The molecule has 8 aliphatic rings. The molecule has 8 aromatic heterocycles. The van der Waals surface area contributed by atoms with E-state index in [-0.39, 0.29) is 81.7 Å². The fourth-order valence-electron chi connectivity index (χ4n) is 17.6. The molecule has 0 radical (unpaired) electrons. The van der Waals surface area contributed by atoms with Crippen molar-refractivity contribution in [2.45, 2.75) is 137 Å². The van der Waals surface area contributed by atoms with Crippen LogP contribution in [0, 0.1) is 36.1 Å². The van der Waals surface area contributed by atoms with Crippen molar-refractivity contribution in [2.24, 2.45) is 25.7 Å². The Kier molecular flexibility index (Phi) is 25.4. The van der Waals surface area contributed by atoms with Gasteiger partial charge in [-0.05, 0) is 97.0 Å². The van der Waals surface area contributed by atoms with Crippen molar-refractivity contribution < 1.29 is 69.3 Å². The SMILES string of the molecule is CC(=O)N1CCc2c(c(Nc3ccc(-c4cn(C)nc4C(N)=O)cc3F)nn2C2CCOC2)C1.CC(=O)N1CCc2c(c(Nc3ccc(-c4cn[nH]c4)cc3F)nn2C2CCOC2)C1.CC(=O)N1CCc2c(c(Nc3ccc(-c4cn[nH]c4C(F)F)cc3F)nn2C2CCOC2)C1.CC(=O)N1CCc2c(c(Nc3ccc(-c4cnn(C)c4C)cc3F)nn2CC2COC2)C1. The van der Waals surface area contributed by atoms with Crippen molar-refractivity contribution in [1.82, 2.24) is 98.7 Å². The first kappa shape index (κ1) is 87.6. The average molecular weight is 1780 g/mol. The van der Waals surface area contributed by atoms with Gasteiger partial charge in [-0.2, -0.15) is 40.8 Å². The van der Waals surface area contributed by atoms with E-state index in [9.17, 15) is 37.1 Å². The Morgan fingerprint density at radius 1 is 0.481 bits per heavy atom. The lowest BCUT2D eigenvalue weighted by molar-refractivity contribution is -0.130. The first-order chi connectivity index (χ1) is 62.2. The quantitative estimate of drug-likeness (QED) is 0.0370. The highest BCUT2D eigenvalue weighted by Gasteiger charge is 2.37. The summed E-state index contributed by atoms with van der Waals surface area (Å²) in [5, 5.41) is 52.5. The predicted molar refractivity (Wildman–Crippen MR) is 462 cm³/mol. The molecule has 0 bridgehead atoms. The van der Waals surface area contributed by atoms with Crippen LogP contribution < -0.4 is 27.0 Å². The lowest BCUT2D eigenvalue weighted by Gasteiger charge is -2.29. The van der Waals surface area contributed by atoms with Gasteiger partial charge in [0.05, 0.1) is 119 Å². The summed E-state index contributed by atoms with van der Waals surface area (Å²) in [6.07, 6.45) is 10.6. The summed E-state index contributed by atoms with van der Waals surface area (Å²) in [6.45, 7) is 18.5. The third-order valence-electron chi connectivity index (χ3n) is 24.9. The maximum Gasteiger partial charge on any atom is 0.280 e. The maximum atomic E-state index is 15.2. The lowest BCUT2D eigenvalue weighted by Crippen LogP contribution is -2.36. The minimum atomic E-state index is -2.75. The molecule has 676 valence electrons. The molecular formula is C89H99F6N25O9. The number of hydrogen-bond acceptors (Lipinski definition) is 21. The van der Waals surface area contributed by atoms with Crippen LogP contribution in [0.4, 0.5) is 72.4 Å². The second-order valence-corrected chi connectivity index (χ2v) is 33.3.